The smallest absolute Gasteiger partial charge is 0.119 e. The van der Waals surface area contributed by atoms with Gasteiger partial charge in [0.25, 0.3) is 0 Å². The van der Waals surface area contributed by atoms with E-state index in [-0.39, 0.29) is 0 Å². The summed E-state index contributed by atoms with van der Waals surface area (Å²) >= 11 is 0. The van der Waals surface area contributed by atoms with Crippen LogP contribution in [0.4, 0.5) is 11.4 Å². The Morgan fingerprint density at radius 2 is 1.47 bits per heavy atom. The molecule has 2 aromatic carbocycles. The predicted molar refractivity (Wildman–Crippen MR) is 126 cm³/mol. The summed E-state index contributed by atoms with van der Waals surface area (Å²) in [6.45, 7) is 3.95. The minimum absolute atomic E-state index is 0.589. The van der Waals surface area contributed by atoms with Gasteiger partial charge in [-0.15, -0.1) is 0 Å². The SMILES string of the molecule is C\C=C/C(=C/C=Nc1cccc(C#N)c1)C(/C=C\C)=C/C=Nc1ccc(OC)cc1. The van der Waals surface area contributed by atoms with Crippen molar-refractivity contribution in [3.05, 3.63) is 102 Å². The molecular weight excluding hydrogens is 370 g/mol. The summed E-state index contributed by atoms with van der Waals surface area (Å²) in [5, 5.41) is 9.01. The van der Waals surface area contributed by atoms with Gasteiger partial charge in [-0.3, -0.25) is 9.98 Å². The highest BCUT2D eigenvalue weighted by atomic mass is 16.5. The molecule has 2 aromatic rings. The van der Waals surface area contributed by atoms with E-state index in [1.54, 1.807) is 31.7 Å². The van der Waals surface area contributed by atoms with Crippen LogP contribution in [0.2, 0.25) is 0 Å². The molecule has 0 aliphatic carbocycles. The fraction of sp³-hybridized carbons (Fsp3) is 0.115. The Bertz CT molecular complexity index is 1050. The van der Waals surface area contributed by atoms with E-state index >= 15 is 0 Å². The van der Waals surface area contributed by atoms with Crippen molar-refractivity contribution in [2.75, 3.05) is 7.11 Å². The molecule has 0 amide bonds. The molecule has 0 saturated heterocycles. The molecule has 0 saturated carbocycles. The Kier molecular flexibility index (Phi) is 9.29. The van der Waals surface area contributed by atoms with Crippen molar-refractivity contribution in [3.8, 4) is 11.8 Å². The van der Waals surface area contributed by atoms with Gasteiger partial charge in [0.05, 0.1) is 30.1 Å². The van der Waals surface area contributed by atoms with Gasteiger partial charge in [0.2, 0.25) is 0 Å². The highest BCUT2D eigenvalue weighted by molar-refractivity contribution is 5.82. The number of ether oxygens (including phenoxy) is 1. The minimum atomic E-state index is 0.589. The van der Waals surface area contributed by atoms with E-state index in [9.17, 15) is 0 Å². The van der Waals surface area contributed by atoms with Gasteiger partial charge < -0.3 is 4.74 Å². The summed E-state index contributed by atoms with van der Waals surface area (Å²) in [5.41, 5.74) is 4.18. The molecule has 0 spiro atoms. The van der Waals surface area contributed by atoms with E-state index in [0.717, 1.165) is 28.3 Å². The number of methoxy groups -OCH3 is 1. The zero-order chi connectivity index (χ0) is 21.6. The number of nitrogens with zero attached hydrogens (tertiary/aromatic N) is 3. The second-order valence-electron chi connectivity index (χ2n) is 6.16. The Balaban J connectivity index is 2.26. The van der Waals surface area contributed by atoms with E-state index in [4.69, 9.17) is 10.00 Å². The van der Waals surface area contributed by atoms with Crippen LogP contribution in [0.1, 0.15) is 19.4 Å². The molecule has 0 heterocycles. The standard InChI is InChI=1S/C26H25N3O/c1-4-7-22(15-17-28-24-11-13-26(30-3)14-12-24)23(8-5-2)16-18-29-25-10-6-9-21(19-25)20-27/h4-19H,1-3H3/b7-4-,8-5-,22-15+,23-16-,28-17?,29-18?. The molecule has 0 fully saturated rings. The third-order valence-corrected chi connectivity index (χ3v) is 4.03. The van der Waals surface area contributed by atoms with Crippen LogP contribution in [-0.2, 0) is 0 Å². The van der Waals surface area contributed by atoms with Crippen LogP contribution in [0.15, 0.2) is 106 Å². The van der Waals surface area contributed by atoms with Crippen LogP contribution in [0, 0.1) is 11.3 Å². The van der Waals surface area contributed by atoms with Gasteiger partial charge >= 0.3 is 0 Å². The van der Waals surface area contributed by atoms with E-state index in [1.807, 2.05) is 86.7 Å². The second kappa shape index (κ2) is 12.5. The third kappa shape index (κ3) is 7.21. The van der Waals surface area contributed by atoms with Gasteiger partial charge in [-0.1, -0.05) is 30.4 Å². The molecule has 0 aromatic heterocycles. The maximum Gasteiger partial charge on any atom is 0.119 e. The molecule has 0 radical (unpaired) electrons. The summed E-state index contributed by atoms with van der Waals surface area (Å²) < 4.78 is 5.17. The van der Waals surface area contributed by atoms with Crippen molar-refractivity contribution in [1.29, 1.82) is 5.26 Å². The number of hydrogen-bond donors (Lipinski definition) is 0. The van der Waals surface area contributed by atoms with Gasteiger partial charge in [-0.05, 0) is 79.6 Å². The van der Waals surface area contributed by atoms with Crippen LogP contribution in [0.3, 0.4) is 0 Å². The molecule has 4 nitrogen and oxygen atoms in total. The summed E-state index contributed by atoms with van der Waals surface area (Å²) in [5.74, 6) is 0.803. The van der Waals surface area contributed by atoms with E-state index in [2.05, 4.69) is 16.1 Å². The zero-order valence-electron chi connectivity index (χ0n) is 17.5. The Morgan fingerprint density at radius 3 is 2.00 bits per heavy atom. The van der Waals surface area contributed by atoms with Crippen molar-refractivity contribution in [3.63, 3.8) is 0 Å². The van der Waals surface area contributed by atoms with Gasteiger partial charge in [-0.25, -0.2) is 0 Å². The number of aliphatic imine (C=N–C) groups is 2. The molecule has 0 atom stereocenters. The monoisotopic (exact) mass is 395 g/mol. The van der Waals surface area contributed by atoms with Crippen molar-refractivity contribution in [2.45, 2.75) is 13.8 Å². The lowest BCUT2D eigenvalue weighted by atomic mass is 10.0. The molecule has 0 unspecified atom stereocenters. The second-order valence-corrected chi connectivity index (χ2v) is 6.16. The van der Waals surface area contributed by atoms with Crippen molar-refractivity contribution in [2.24, 2.45) is 9.98 Å². The van der Waals surface area contributed by atoms with E-state index in [0.29, 0.717) is 5.56 Å². The first-order valence-electron chi connectivity index (χ1n) is 9.59. The van der Waals surface area contributed by atoms with Crippen molar-refractivity contribution >= 4 is 23.8 Å². The fourth-order valence-electron chi connectivity index (χ4n) is 2.59. The number of rotatable bonds is 8. The first kappa shape index (κ1) is 22.3. The van der Waals surface area contributed by atoms with Gasteiger partial charge in [-0.2, -0.15) is 5.26 Å². The topological polar surface area (TPSA) is 57.7 Å². The molecular formula is C26H25N3O. The van der Waals surface area contributed by atoms with Crippen molar-refractivity contribution in [1.82, 2.24) is 0 Å². The van der Waals surface area contributed by atoms with Crippen LogP contribution >= 0.6 is 0 Å². The fourth-order valence-corrected chi connectivity index (χ4v) is 2.59. The first-order chi connectivity index (χ1) is 14.7. The average Bonchev–Trinajstić information content (AvgIpc) is 2.78. The predicted octanol–water partition coefficient (Wildman–Crippen LogP) is 6.68. The number of allylic oxidation sites excluding steroid dienone is 8. The van der Waals surface area contributed by atoms with E-state index < -0.39 is 0 Å². The van der Waals surface area contributed by atoms with Gasteiger partial charge in [0, 0.05) is 12.4 Å². The molecule has 4 heteroatoms. The quantitative estimate of drug-likeness (QED) is 0.370. The van der Waals surface area contributed by atoms with Crippen LogP contribution in [-0.4, -0.2) is 19.5 Å². The first-order valence-corrected chi connectivity index (χ1v) is 9.59. The molecule has 0 N–H and O–H groups in total. The summed E-state index contributed by atoms with van der Waals surface area (Å²) in [6, 6.07) is 16.9. The molecule has 0 aliphatic rings. The van der Waals surface area contributed by atoms with Gasteiger partial charge in [0.1, 0.15) is 5.75 Å². The molecule has 0 aliphatic heterocycles. The maximum absolute atomic E-state index is 9.01. The third-order valence-electron chi connectivity index (χ3n) is 4.03. The number of benzene rings is 2. The zero-order valence-corrected chi connectivity index (χ0v) is 17.5. The normalized spacial score (nSPS) is 13.0. The van der Waals surface area contributed by atoms with Crippen molar-refractivity contribution < 1.29 is 4.74 Å². The van der Waals surface area contributed by atoms with Gasteiger partial charge in [0.15, 0.2) is 0 Å². The van der Waals surface area contributed by atoms with E-state index in [1.165, 1.54) is 0 Å². The maximum atomic E-state index is 9.01. The lowest BCUT2D eigenvalue weighted by Crippen LogP contribution is -1.86. The molecule has 0 bridgehead atoms. The average molecular weight is 396 g/mol. The summed E-state index contributed by atoms with van der Waals surface area (Å²) in [7, 11) is 1.64. The summed E-state index contributed by atoms with van der Waals surface area (Å²) in [4.78, 5) is 8.93. The van der Waals surface area contributed by atoms with Crippen LogP contribution < -0.4 is 4.74 Å². The lowest BCUT2D eigenvalue weighted by molar-refractivity contribution is 0.415. The number of nitriles is 1. The van der Waals surface area contributed by atoms with Crippen LogP contribution in [0.5, 0.6) is 5.75 Å². The summed E-state index contributed by atoms with van der Waals surface area (Å²) in [6.07, 6.45) is 15.4. The highest BCUT2D eigenvalue weighted by Gasteiger charge is 1.97. The largest absolute Gasteiger partial charge is 0.497 e. The minimum Gasteiger partial charge on any atom is -0.497 e. The molecule has 2 rings (SSSR count). The lowest BCUT2D eigenvalue weighted by Gasteiger charge is -2.02. The Morgan fingerprint density at radius 1 is 0.867 bits per heavy atom. The Labute approximate surface area is 178 Å². The number of hydrogen-bond acceptors (Lipinski definition) is 4. The molecule has 150 valence electrons. The Hall–Kier alpha value is -3.97. The highest BCUT2D eigenvalue weighted by Crippen LogP contribution is 2.18. The van der Waals surface area contributed by atoms with Crippen LogP contribution in [0.25, 0.3) is 0 Å². The molecule has 30 heavy (non-hydrogen) atoms.